The van der Waals surface area contributed by atoms with Crippen LogP contribution in [0.4, 0.5) is 4.39 Å². The van der Waals surface area contributed by atoms with Gasteiger partial charge in [-0.2, -0.15) is 0 Å². The number of nitrogens with zero attached hydrogens (tertiary/aromatic N) is 3. The van der Waals surface area contributed by atoms with Gasteiger partial charge in [0.2, 0.25) is 0 Å². The second kappa shape index (κ2) is 5.79. The Morgan fingerprint density at radius 2 is 2.14 bits per heavy atom. The molecule has 0 fully saturated rings. The van der Waals surface area contributed by atoms with Crippen molar-refractivity contribution in [1.29, 1.82) is 0 Å². The predicted molar refractivity (Wildman–Crippen MR) is 80.3 cm³/mol. The van der Waals surface area contributed by atoms with Crippen molar-refractivity contribution in [1.82, 2.24) is 19.9 Å². The maximum atomic E-state index is 13.4. The van der Waals surface area contributed by atoms with Crippen molar-refractivity contribution in [2.24, 2.45) is 5.73 Å². The van der Waals surface area contributed by atoms with E-state index >= 15 is 0 Å². The molecule has 0 spiro atoms. The van der Waals surface area contributed by atoms with Crippen LogP contribution in [-0.4, -0.2) is 26.0 Å². The average molecular weight is 303 g/mol. The molecule has 1 aromatic carbocycles. The molecule has 3 N–H and O–H groups in total. The number of nitrogens with two attached hydrogens (primary N) is 1. The van der Waals surface area contributed by atoms with Crippen molar-refractivity contribution >= 4 is 22.9 Å². The lowest BCUT2D eigenvalue weighted by atomic mass is 10.1. The van der Waals surface area contributed by atoms with Crippen molar-refractivity contribution in [3.63, 3.8) is 0 Å². The van der Waals surface area contributed by atoms with Crippen LogP contribution < -0.4 is 5.73 Å². The van der Waals surface area contributed by atoms with E-state index in [-0.39, 0.29) is 17.1 Å². The highest BCUT2D eigenvalue weighted by Gasteiger charge is 2.21. The number of H-pyrrole nitrogens is 1. The van der Waals surface area contributed by atoms with Crippen LogP contribution in [0.3, 0.4) is 0 Å². The Bertz CT molecular complexity index is 758. The molecule has 0 aliphatic carbocycles. The molecule has 2 atom stereocenters. The first-order valence-electron chi connectivity index (χ1n) is 6.47. The number of hydrogen-bond acceptors (Lipinski definition) is 5. The summed E-state index contributed by atoms with van der Waals surface area (Å²) in [6.45, 7) is 1.90. The zero-order valence-corrected chi connectivity index (χ0v) is 12.1. The first kappa shape index (κ1) is 14.0. The van der Waals surface area contributed by atoms with Crippen molar-refractivity contribution in [2.45, 2.75) is 23.2 Å². The molecule has 2 unspecified atom stereocenters. The van der Waals surface area contributed by atoms with Crippen molar-refractivity contribution in [2.75, 3.05) is 0 Å². The molecule has 0 saturated heterocycles. The topological polar surface area (TPSA) is 80.5 Å². The van der Waals surface area contributed by atoms with Crippen LogP contribution >= 0.6 is 11.8 Å². The first-order chi connectivity index (χ1) is 10.1. The fourth-order valence-corrected chi connectivity index (χ4v) is 3.23. The van der Waals surface area contributed by atoms with Crippen molar-refractivity contribution in [3.05, 3.63) is 48.3 Å². The number of fused-ring (bicyclic) bond motifs is 1. The van der Waals surface area contributed by atoms with Gasteiger partial charge in [-0.3, -0.25) is 0 Å². The quantitative estimate of drug-likeness (QED) is 0.572. The molecule has 2 aromatic heterocycles. The Morgan fingerprint density at radius 1 is 1.29 bits per heavy atom. The highest BCUT2D eigenvalue weighted by molar-refractivity contribution is 7.99. The summed E-state index contributed by atoms with van der Waals surface area (Å²) in [6, 6.07) is 6.32. The van der Waals surface area contributed by atoms with Gasteiger partial charge in [-0.15, -0.1) is 0 Å². The Hall–Kier alpha value is -1.99. The maximum Gasteiger partial charge on any atom is 0.181 e. The minimum absolute atomic E-state index is 0.109. The summed E-state index contributed by atoms with van der Waals surface area (Å²) >= 11 is 1.48. The van der Waals surface area contributed by atoms with Crippen LogP contribution in [0.25, 0.3) is 11.2 Å². The summed E-state index contributed by atoms with van der Waals surface area (Å²) < 4.78 is 13.4. The number of nitrogens with one attached hydrogen (secondary N) is 1. The van der Waals surface area contributed by atoms with Gasteiger partial charge in [-0.1, -0.05) is 23.9 Å². The summed E-state index contributed by atoms with van der Waals surface area (Å²) in [7, 11) is 0. The lowest BCUT2D eigenvalue weighted by molar-refractivity contribution is 0.621. The molecular formula is C14H14FN5S. The number of imidazole rings is 1. The third-order valence-corrected chi connectivity index (χ3v) is 4.57. The van der Waals surface area contributed by atoms with E-state index in [1.807, 2.05) is 13.0 Å². The summed E-state index contributed by atoms with van der Waals surface area (Å²) in [5, 5.41) is 0.645. The molecule has 0 amide bonds. The highest BCUT2D eigenvalue weighted by Crippen LogP contribution is 2.38. The summed E-state index contributed by atoms with van der Waals surface area (Å²) in [5.41, 5.74) is 8.28. The zero-order chi connectivity index (χ0) is 14.8. The van der Waals surface area contributed by atoms with Gasteiger partial charge in [-0.25, -0.2) is 19.3 Å². The van der Waals surface area contributed by atoms with E-state index in [2.05, 4.69) is 19.9 Å². The Kier molecular flexibility index (Phi) is 3.85. The normalized spacial score (nSPS) is 14.2. The van der Waals surface area contributed by atoms with Gasteiger partial charge in [0.15, 0.2) is 5.65 Å². The fraction of sp³-hybridized carbons (Fsp3) is 0.214. The van der Waals surface area contributed by atoms with Gasteiger partial charge in [0.1, 0.15) is 22.7 Å². The molecule has 2 heterocycles. The van der Waals surface area contributed by atoms with E-state index in [1.54, 1.807) is 12.4 Å². The molecule has 7 heteroatoms. The number of aromatic amines is 1. The SMILES string of the molecule is CC(N)C(Sc1ncnc2nc[nH]c12)c1cccc(F)c1. The summed E-state index contributed by atoms with van der Waals surface area (Å²) in [4.78, 5) is 15.5. The van der Waals surface area contributed by atoms with Gasteiger partial charge < -0.3 is 10.7 Å². The number of hydrogen-bond donors (Lipinski definition) is 2. The van der Waals surface area contributed by atoms with E-state index in [4.69, 9.17) is 5.73 Å². The number of benzene rings is 1. The minimum Gasteiger partial charge on any atom is -0.341 e. The van der Waals surface area contributed by atoms with Crippen LogP contribution in [0.1, 0.15) is 17.7 Å². The van der Waals surface area contributed by atoms with Gasteiger partial charge in [0, 0.05) is 6.04 Å². The number of halogens is 1. The van der Waals surface area contributed by atoms with E-state index < -0.39 is 0 Å². The third kappa shape index (κ3) is 2.88. The van der Waals surface area contributed by atoms with Crippen LogP contribution in [-0.2, 0) is 0 Å². The van der Waals surface area contributed by atoms with Crippen molar-refractivity contribution < 1.29 is 4.39 Å². The van der Waals surface area contributed by atoms with Crippen LogP contribution in [0.2, 0.25) is 0 Å². The van der Waals surface area contributed by atoms with E-state index in [9.17, 15) is 4.39 Å². The molecule has 0 aliphatic heterocycles. The molecular weight excluding hydrogens is 289 g/mol. The average Bonchev–Trinajstić information content (AvgIpc) is 2.93. The van der Waals surface area contributed by atoms with Gasteiger partial charge in [-0.05, 0) is 24.6 Å². The molecule has 21 heavy (non-hydrogen) atoms. The second-order valence-electron chi connectivity index (χ2n) is 4.73. The molecule has 108 valence electrons. The molecule has 0 radical (unpaired) electrons. The third-order valence-electron chi connectivity index (χ3n) is 3.08. The monoisotopic (exact) mass is 303 g/mol. The van der Waals surface area contributed by atoms with E-state index in [1.165, 1.54) is 30.2 Å². The van der Waals surface area contributed by atoms with E-state index in [0.29, 0.717) is 5.65 Å². The fourth-order valence-electron chi connectivity index (χ4n) is 2.11. The number of rotatable bonds is 4. The molecule has 0 aliphatic rings. The molecule has 0 bridgehead atoms. The number of aromatic nitrogens is 4. The van der Waals surface area contributed by atoms with Crippen LogP contribution in [0.15, 0.2) is 41.9 Å². The Labute approximate surface area is 125 Å². The Balaban J connectivity index is 1.98. The standard InChI is InChI=1S/C14H14FN5S/c1-8(16)12(9-3-2-4-10(15)5-9)21-14-11-13(18-6-17-11)19-7-20-14/h2-8,12H,16H2,1H3,(H,17,18,19,20). The molecule has 3 aromatic rings. The number of thioether (sulfide) groups is 1. The van der Waals surface area contributed by atoms with Gasteiger partial charge in [0.05, 0.1) is 11.6 Å². The van der Waals surface area contributed by atoms with E-state index in [0.717, 1.165) is 16.1 Å². The van der Waals surface area contributed by atoms with Crippen molar-refractivity contribution in [3.8, 4) is 0 Å². The van der Waals surface area contributed by atoms with Gasteiger partial charge in [0.25, 0.3) is 0 Å². The second-order valence-corrected chi connectivity index (χ2v) is 5.86. The van der Waals surface area contributed by atoms with Crippen LogP contribution in [0.5, 0.6) is 0 Å². The lowest BCUT2D eigenvalue weighted by Crippen LogP contribution is -2.22. The summed E-state index contributed by atoms with van der Waals surface area (Å²) in [5.74, 6) is -0.270. The molecule has 0 saturated carbocycles. The predicted octanol–water partition coefficient (Wildman–Crippen LogP) is 2.67. The first-order valence-corrected chi connectivity index (χ1v) is 7.35. The smallest absolute Gasteiger partial charge is 0.181 e. The lowest BCUT2D eigenvalue weighted by Gasteiger charge is -2.20. The Morgan fingerprint density at radius 3 is 2.90 bits per heavy atom. The summed E-state index contributed by atoms with van der Waals surface area (Å²) in [6.07, 6.45) is 3.04. The molecule has 3 rings (SSSR count). The largest absolute Gasteiger partial charge is 0.341 e. The van der Waals surface area contributed by atoms with Gasteiger partial charge >= 0.3 is 0 Å². The highest BCUT2D eigenvalue weighted by atomic mass is 32.2. The minimum atomic E-state index is -0.270. The zero-order valence-electron chi connectivity index (χ0n) is 11.3. The van der Waals surface area contributed by atoms with Crippen LogP contribution in [0, 0.1) is 5.82 Å². The molecule has 5 nitrogen and oxygen atoms in total. The maximum absolute atomic E-state index is 13.4.